The third-order valence-electron chi connectivity index (χ3n) is 5.23. The molecule has 0 saturated heterocycles. The smallest absolute Gasteiger partial charge is 0.163 e. The van der Waals surface area contributed by atoms with Crippen LogP contribution in [-0.4, -0.2) is 32.1 Å². The minimum atomic E-state index is 0.215. The predicted molar refractivity (Wildman–Crippen MR) is 114 cm³/mol. The Balaban J connectivity index is 1.82. The van der Waals surface area contributed by atoms with E-state index in [9.17, 15) is 0 Å². The van der Waals surface area contributed by atoms with Crippen LogP contribution >= 0.6 is 27.5 Å². The summed E-state index contributed by atoms with van der Waals surface area (Å²) in [6, 6.07) is 8.88. The largest absolute Gasteiger partial charge is 0.286 e. The van der Waals surface area contributed by atoms with Crippen LogP contribution in [-0.2, 0) is 0 Å². The van der Waals surface area contributed by atoms with Crippen LogP contribution in [0.25, 0.3) is 11.2 Å². The molecule has 0 N–H and O–H groups in total. The van der Waals surface area contributed by atoms with E-state index < -0.39 is 0 Å². The van der Waals surface area contributed by atoms with Gasteiger partial charge in [0.05, 0.1) is 6.04 Å². The summed E-state index contributed by atoms with van der Waals surface area (Å²) in [5.74, 6) is 0.911. The lowest BCUT2D eigenvalue weighted by Crippen LogP contribution is -2.31. The Morgan fingerprint density at radius 3 is 2.67 bits per heavy atom. The zero-order chi connectivity index (χ0) is 19.3. The Kier molecular flexibility index (Phi) is 4.87. The number of halogens is 2. The second kappa shape index (κ2) is 7.04. The molecule has 4 nitrogen and oxygen atoms in total. The van der Waals surface area contributed by atoms with Gasteiger partial charge in [-0.25, -0.2) is 0 Å². The van der Waals surface area contributed by atoms with E-state index in [1.54, 1.807) is 0 Å². The van der Waals surface area contributed by atoms with Crippen molar-refractivity contribution in [3.05, 3.63) is 68.5 Å². The Bertz CT molecular complexity index is 1050. The third kappa shape index (κ3) is 3.33. The quantitative estimate of drug-likeness (QED) is 0.525. The predicted octanol–water partition coefficient (Wildman–Crippen LogP) is 5.61. The Hall–Kier alpha value is -1.69. The molecule has 1 aliphatic heterocycles. The molecule has 0 bridgehead atoms. The zero-order valence-corrected chi connectivity index (χ0v) is 18.2. The van der Waals surface area contributed by atoms with E-state index in [0.717, 1.165) is 33.1 Å². The summed E-state index contributed by atoms with van der Waals surface area (Å²) in [5, 5.41) is 9.25. The Morgan fingerprint density at radius 2 is 1.96 bits per heavy atom. The molecule has 140 valence electrons. The van der Waals surface area contributed by atoms with Crippen molar-refractivity contribution in [2.75, 3.05) is 6.54 Å². The van der Waals surface area contributed by atoms with Crippen molar-refractivity contribution in [1.82, 2.24) is 19.5 Å². The molecule has 3 aromatic rings. The summed E-state index contributed by atoms with van der Waals surface area (Å²) < 4.78 is 3.12. The van der Waals surface area contributed by atoms with E-state index in [-0.39, 0.29) is 6.04 Å². The van der Waals surface area contributed by atoms with Crippen LogP contribution < -0.4 is 0 Å². The molecule has 0 spiro atoms. The minimum absolute atomic E-state index is 0.215. The maximum Gasteiger partial charge on any atom is 0.163 e. The lowest BCUT2D eigenvalue weighted by atomic mass is 10.0. The monoisotopic (exact) mass is 444 g/mol. The van der Waals surface area contributed by atoms with Gasteiger partial charge < -0.3 is 0 Å². The fourth-order valence-electron chi connectivity index (χ4n) is 3.81. The molecule has 0 radical (unpaired) electrons. The summed E-state index contributed by atoms with van der Waals surface area (Å²) in [5.41, 5.74) is 5.85. The summed E-state index contributed by atoms with van der Waals surface area (Å²) in [7, 11) is 0. The van der Waals surface area contributed by atoms with Crippen LogP contribution in [0.4, 0.5) is 0 Å². The molecule has 6 heteroatoms. The van der Waals surface area contributed by atoms with Gasteiger partial charge in [0, 0.05) is 28.3 Å². The van der Waals surface area contributed by atoms with Gasteiger partial charge in [0.1, 0.15) is 5.82 Å². The molecular weight excluding hydrogens is 424 g/mol. The van der Waals surface area contributed by atoms with Crippen molar-refractivity contribution in [2.45, 2.75) is 39.8 Å². The fourth-order valence-corrected chi connectivity index (χ4v) is 4.74. The third-order valence-corrected chi connectivity index (χ3v) is 6.12. The molecule has 1 atom stereocenters. The maximum atomic E-state index is 6.13. The van der Waals surface area contributed by atoms with E-state index in [0.29, 0.717) is 6.04 Å². The number of benzene rings is 1. The van der Waals surface area contributed by atoms with Gasteiger partial charge in [-0.2, -0.15) is 0 Å². The van der Waals surface area contributed by atoms with Gasteiger partial charge in [-0.05, 0) is 68.2 Å². The number of rotatable bonds is 3. The van der Waals surface area contributed by atoms with Gasteiger partial charge in [0.25, 0.3) is 0 Å². The molecule has 1 unspecified atom stereocenters. The SMILES string of the molecule is Cc1cc(C2C=C(c3ccc(Cl)cc3Br)CN2C(C)C)cn2c(C)nnc12. The number of hydrogen-bond acceptors (Lipinski definition) is 3. The van der Waals surface area contributed by atoms with Gasteiger partial charge in [0.15, 0.2) is 5.65 Å². The van der Waals surface area contributed by atoms with Crippen LogP contribution in [0.2, 0.25) is 5.02 Å². The van der Waals surface area contributed by atoms with Crippen molar-refractivity contribution in [1.29, 1.82) is 0 Å². The number of aryl methyl sites for hydroxylation is 2. The van der Waals surface area contributed by atoms with E-state index in [2.05, 4.69) is 80.6 Å². The molecule has 2 aromatic heterocycles. The van der Waals surface area contributed by atoms with E-state index in [4.69, 9.17) is 11.6 Å². The highest BCUT2D eigenvalue weighted by atomic mass is 79.9. The van der Waals surface area contributed by atoms with Crippen molar-refractivity contribution < 1.29 is 0 Å². The highest BCUT2D eigenvalue weighted by Gasteiger charge is 2.30. The van der Waals surface area contributed by atoms with Crippen LogP contribution in [0.1, 0.15) is 42.4 Å². The highest BCUT2D eigenvalue weighted by Crippen LogP contribution is 2.39. The number of aromatic nitrogens is 3. The van der Waals surface area contributed by atoms with Crippen molar-refractivity contribution in [2.24, 2.45) is 0 Å². The second-order valence-corrected chi connectivity index (χ2v) is 8.72. The summed E-state index contributed by atoms with van der Waals surface area (Å²) in [6.07, 6.45) is 4.54. The first-order valence-corrected chi connectivity index (χ1v) is 10.3. The zero-order valence-electron chi connectivity index (χ0n) is 15.9. The molecule has 0 aliphatic carbocycles. The first-order chi connectivity index (χ1) is 12.8. The Labute approximate surface area is 173 Å². The van der Waals surface area contributed by atoms with Gasteiger partial charge in [-0.3, -0.25) is 9.30 Å². The molecule has 1 aromatic carbocycles. The summed E-state index contributed by atoms with van der Waals surface area (Å²) >= 11 is 9.80. The van der Waals surface area contributed by atoms with E-state index in [1.165, 1.54) is 16.7 Å². The van der Waals surface area contributed by atoms with Crippen LogP contribution in [0.3, 0.4) is 0 Å². The highest BCUT2D eigenvalue weighted by molar-refractivity contribution is 9.10. The summed E-state index contributed by atoms with van der Waals surface area (Å²) in [4.78, 5) is 2.51. The second-order valence-electron chi connectivity index (χ2n) is 7.42. The first-order valence-electron chi connectivity index (χ1n) is 9.09. The van der Waals surface area contributed by atoms with Gasteiger partial charge in [-0.1, -0.05) is 39.7 Å². The maximum absolute atomic E-state index is 6.13. The van der Waals surface area contributed by atoms with E-state index >= 15 is 0 Å². The average molecular weight is 446 g/mol. The first kappa shape index (κ1) is 18.7. The van der Waals surface area contributed by atoms with Crippen molar-refractivity contribution in [3.8, 4) is 0 Å². The Morgan fingerprint density at radius 1 is 1.19 bits per heavy atom. The topological polar surface area (TPSA) is 33.4 Å². The normalized spacial score (nSPS) is 17.9. The van der Waals surface area contributed by atoms with E-state index in [1.807, 2.05) is 19.1 Å². The summed E-state index contributed by atoms with van der Waals surface area (Å²) in [6.45, 7) is 9.49. The number of fused-ring (bicyclic) bond motifs is 1. The standard InChI is InChI=1S/C21H22BrClN4/c1-12(2)26-10-15(18-6-5-17(23)9-19(18)22)8-20(26)16-7-13(3)21-25-24-14(4)27(21)11-16/h5-9,11-12,20H,10H2,1-4H3. The lowest BCUT2D eigenvalue weighted by molar-refractivity contribution is 0.222. The fraction of sp³-hybridized carbons (Fsp3) is 0.333. The number of pyridine rings is 1. The molecule has 0 saturated carbocycles. The minimum Gasteiger partial charge on any atom is -0.286 e. The molecule has 27 heavy (non-hydrogen) atoms. The van der Waals surface area contributed by atoms with Crippen molar-refractivity contribution >= 4 is 38.8 Å². The van der Waals surface area contributed by atoms with Crippen molar-refractivity contribution in [3.63, 3.8) is 0 Å². The van der Waals surface area contributed by atoms with Gasteiger partial charge in [-0.15, -0.1) is 10.2 Å². The molecule has 0 fully saturated rings. The molecule has 4 rings (SSSR count). The average Bonchev–Trinajstić information content (AvgIpc) is 3.20. The molecule has 1 aliphatic rings. The number of nitrogens with zero attached hydrogens (tertiary/aromatic N) is 4. The molecule has 0 amide bonds. The lowest BCUT2D eigenvalue weighted by Gasteiger charge is -2.29. The molecule has 3 heterocycles. The van der Waals surface area contributed by atoms with Crippen LogP contribution in [0.15, 0.2) is 41.0 Å². The van der Waals surface area contributed by atoms with Crippen LogP contribution in [0, 0.1) is 13.8 Å². The molecular formula is C21H22BrClN4. The van der Waals surface area contributed by atoms with Gasteiger partial charge >= 0.3 is 0 Å². The number of hydrogen-bond donors (Lipinski definition) is 0. The van der Waals surface area contributed by atoms with Crippen LogP contribution in [0.5, 0.6) is 0 Å². The van der Waals surface area contributed by atoms with Gasteiger partial charge in [0.2, 0.25) is 0 Å².